The van der Waals surface area contributed by atoms with Crippen LogP contribution in [-0.2, 0) is 4.79 Å². The molecule has 22 heavy (non-hydrogen) atoms. The summed E-state index contributed by atoms with van der Waals surface area (Å²) >= 11 is 0. The smallest absolute Gasteiger partial charge is 0.222 e. The number of hydrogen-bond acceptors (Lipinski definition) is 5. The topological polar surface area (TPSA) is 92.9 Å². The Labute approximate surface area is 130 Å². The summed E-state index contributed by atoms with van der Waals surface area (Å²) < 4.78 is 0. The molecule has 1 amide bonds. The highest BCUT2D eigenvalue weighted by atomic mass is 16.1. The molecular formula is C16H21N5O. The van der Waals surface area contributed by atoms with Crippen LogP contribution < -0.4 is 16.4 Å². The minimum Gasteiger partial charge on any atom is -0.368 e. The third kappa shape index (κ3) is 3.94. The number of carbonyl (C=O) groups is 1. The number of hydrogen-bond donors (Lipinski definition) is 3. The Morgan fingerprint density at radius 1 is 1.23 bits per heavy atom. The lowest BCUT2D eigenvalue weighted by Gasteiger charge is -2.11. The van der Waals surface area contributed by atoms with E-state index < -0.39 is 0 Å². The fourth-order valence-electron chi connectivity index (χ4n) is 2.15. The monoisotopic (exact) mass is 299 g/mol. The van der Waals surface area contributed by atoms with E-state index in [1.54, 1.807) is 0 Å². The van der Waals surface area contributed by atoms with Crippen molar-refractivity contribution in [3.05, 3.63) is 35.4 Å². The Morgan fingerprint density at radius 3 is 2.73 bits per heavy atom. The molecule has 2 aromatic rings. The zero-order chi connectivity index (χ0) is 16.1. The SMILES string of the molecule is CC(=O)NCCNc1cc(-c2cccc(C)c2C)nc(N)n1. The standard InChI is InChI=1S/C16H21N5O/c1-10-5-4-6-13(11(10)2)14-9-15(21-16(17)20-14)19-8-7-18-12(3)22/h4-6,9H,7-8H2,1-3H3,(H,18,22)(H3,17,19,20,21). The first-order valence-electron chi connectivity index (χ1n) is 7.17. The molecule has 1 aromatic heterocycles. The first-order chi connectivity index (χ1) is 10.5. The zero-order valence-electron chi connectivity index (χ0n) is 13.1. The van der Waals surface area contributed by atoms with E-state index in [0.29, 0.717) is 18.9 Å². The Morgan fingerprint density at radius 2 is 2.00 bits per heavy atom. The van der Waals surface area contributed by atoms with Gasteiger partial charge in [0.15, 0.2) is 0 Å². The van der Waals surface area contributed by atoms with Gasteiger partial charge in [0.25, 0.3) is 0 Å². The Bertz CT molecular complexity index is 684. The van der Waals surface area contributed by atoms with Crippen LogP contribution in [0, 0.1) is 13.8 Å². The van der Waals surface area contributed by atoms with Gasteiger partial charge >= 0.3 is 0 Å². The van der Waals surface area contributed by atoms with Gasteiger partial charge in [0, 0.05) is 31.6 Å². The van der Waals surface area contributed by atoms with E-state index in [1.165, 1.54) is 18.1 Å². The van der Waals surface area contributed by atoms with Crippen LogP contribution in [0.1, 0.15) is 18.1 Å². The largest absolute Gasteiger partial charge is 0.368 e. The molecule has 0 unspecified atom stereocenters. The van der Waals surface area contributed by atoms with Gasteiger partial charge in [0.2, 0.25) is 11.9 Å². The van der Waals surface area contributed by atoms with E-state index >= 15 is 0 Å². The van der Waals surface area contributed by atoms with Gasteiger partial charge in [-0.05, 0) is 25.0 Å². The van der Waals surface area contributed by atoms with Gasteiger partial charge < -0.3 is 16.4 Å². The van der Waals surface area contributed by atoms with E-state index in [4.69, 9.17) is 5.73 Å². The molecule has 116 valence electrons. The van der Waals surface area contributed by atoms with Gasteiger partial charge in [-0.2, -0.15) is 4.98 Å². The van der Waals surface area contributed by atoms with Crippen LogP contribution >= 0.6 is 0 Å². The number of aryl methyl sites for hydroxylation is 1. The highest BCUT2D eigenvalue weighted by Crippen LogP contribution is 2.25. The fraction of sp³-hybridized carbons (Fsp3) is 0.312. The molecule has 4 N–H and O–H groups in total. The average molecular weight is 299 g/mol. The van der Waals surface area contributed by atoms with Crippen molar-refractivity contribution in [2.75, 3.05) is 24.1 Å². The number of amides is 1. The molecule has 0 aliphatic heterocycles. The van der Waals surface area contributed by atoms with Gasteiger partial charge in [-0.1, -0.05) is 18.2 Å². The Kier molecular flexibility index (Phi) is 4.93. The maximum absolute atomic E-state index is 10.8. The third-order valence-corrected chi connectivity index (χ3v) is 3.43. The first kappa shape index (κ1) is 15.8. The number of nitrogens with zero attached hydrogens (tertiary/aromatic N) is 2. The molecule has 0 saturated heterocycles. The lowest BCUT2D eigenvalue weighted by atomic mass is 10.0. The molecular weight excluding hydrogens is 278 g/mol. The van der Waals surface area contributed by atoms with Gasteiger partial charge in [-0.15, -0.1) is 0 Å². The molecule has 0 spiro atoms. The molecule has 0 saturated carbocycles. The molecule has 1 aromatic carbocycles. The van der Waals surface area contributed by atoms with Crippen LogP contribution in [0.5, 0.6) is 0 Å². The van der Waals surface area contributed by atoms with Crippen LogP contribution in [0.4, 0.5) is 11.8 Å². The van der Waals surface area contributed by atoms with Gasteiger partial charge in [-0.25, -0.2) is 4.98 Å². The summed E-state index contributed by atoms with van der Waals surface area (Å²) in [6.07, 6.45) is 0. The number of nitrogens with one attached hydrogen (secondary N) is 2. The Hall–Kier alpha value is -2.63. The van der Waals surface area contributed by atoms with Crippen LogP contribution in [0.3, 0.4) is 0 Å². The predicted octanol–water partition coefficient (Wildman–Crippen LogP) is 1.89. The molecule has 0 bridgehead atoms. The third-order valence-electron chi connectivity index (χ3n) is 3.43. The lowest BCUT2D eigenvalue weighted by molar-refractivity contribution is -0.118. The Balaban J connectivity index is 2.19. The summed E-state index contributed by atoms with van der Waals surface area (Å²) in [6, 6.07) is 7.95. The molecule has 1 heterocycles. The average Bonchev–Trinajstić information content (AvgIpc) is 2.46. The van der Waals surface area contributed by atoms with Gasteiger partial charge in [0.05, 0.1) is 5.69 Å². The summed E-state index contributed by atoms with van der Waals surface area (Å²) in [5.41, 5.74) is 10.0. The summed E-state index contributed by atoms with van der Waals surface area (Å²) in [4.78, 5) is 19.3. The van der Waals surface area contributed by atoms with Crippen molar-refractivity contribution >= 4 is 17.7 Å². The number of aromatic nitrogens is 2. The highest BCUT2D eigenvalue weighted by molar-refractivity contribution is 5.72. The van der Waals surface area contributed by atoms with E-state index in [1.807, 2.05) is 18.2 Å². The van der Waals surface area contributed by atoms with Crippen molar-refractivity contribution in [1.29, 1.82) is 0 Å². The van der Waals surface area contributed by atoms with Crippen molar-refractivity contribution in [3.63, 3.8) is 0 Å². The minimum absolute atomic E-state index is 0.0555. The second-order valence-electron chi connectivity index (χ2n) is 5.15. The number of nitrogens with two attached hydrogens (primary N) is 1. The quantitative estimate of drug-likeness (QED) is 0.733. The predicted molar refractivity (Wildman–Crippen MR) is 88.5 cm³/mol. The van der Waals surface area contributed by atoms with E-state index in [-0.39, 0.29) is 11.9 Å². The maximum atomic E-state index is 10.8. The lowest BCUT2D eigenvalue weighted by Crippen LogP contribution is -2.26. The van der Waals surface area contributed by atoms with Crippen LogP contribution in [0.2, 0.25) is 0 Å². The van der Waals surface area contributed by atoms with Gasteiger partial charge in [-0.3, -0.25) is 4.79 Å². The summed E-state index contributed by atoms with van der Waals surface area (Å²) in [5, 5.41) is 5.86. The van der Waals surface area contributed by atoms with Crippen LogP contribution in [0.15, 0.2) is 24.3 Å². The molecule has 0 fully saturated rings. The minimum atomic E-state index is -0.0555. The van der Waals surface area contributed by atoms with Crippen molar-refractivity contribution in [3.8, 4) is 11.3 Å². The zero-order valence-corrected chi connectivity index (χ0v) is 13.1. The van der Waals surface area contributed by atoms with Gasteiger partial charge in [0.1, 0.15) is 5.82 Å². The fourth-order valence-corrected chi connectivity index (χ4v) is 2.15. The second kappa shape index (κ2) is 6.89. The van der Waals surface area contributed by atoms with Crippen molar-refractivity contribution < 1.29 is 4.79 Å². The summed E-state index contributed by atoms with van der Waals surface area (Å²) in [5.74, 6) is 0.814. The molecule has 2 rings (SSSR count). The molecule has 0 aliphatic carbocycles. The van der Waals surface area contributed by atoms with Crippen molar-refractivity contribution in [2.45, 2.75) is 20.8 Å². The number of carbonyl (C=O) groups excluding carboxylic acids is 1. The summed E-state index contributed by atoms with van der Waals surface area (Å²) in [7, 11) is 0. The molecule has 0 atom stereocenters. The molecule has 6 nitrogen and oxygen atoms in total. The number of benzene rings is 1. The van der Waals surface area contributed by atoms with Crippen molar-refractivity contribution in [2.24, 2.45) is 0 Å². The maximum Gasteiger partial charge on any atom is 0.222 e. The molecule has 0 aliphatic rings. The van der Waals surface area contributed by atoms with E-state index in [9.17, 15) is 4.79 Å². The molecule has 6 heteroatoms. The summed E-state index contributed by atoms with van der Waals surface area (Å²) in [6.45, 7) is 6.71. The molecule has 0 radical (unpaired) electrons. The van der Waals surface area contributed by atoms with Crippen molar-refractivity contribution in [1.82, 2.24) is 15.3 Å². The van der Waals surface area contributed by atoms with Crippen LogP contribution in [0.25, 0.3) is 11.3 Å². The highest BCUT2D eigenvalue weighted by Gasteiger charge is 2.08. The number of rotatable bonds is 5. The second-order valence-corrected chi connectivity index (χ2v) is 5.15. The first-order valence-corrected chi connectivity index (χ1v) is 7.17. The number of nitrogen functional groups attached to an aromatic ring is 1. The normalized spacial score (nSPS) is 10.3. The van der Waals surface area contributed by atoms with E-state index in [2.05, 4.69) is 40.5 Å². The number of anilines is 2. The van der Waals surface area contributed by atoms with Crippen LogP contribution in [-0.4, -0.2) is 29.0 Å². The van der Waals surface area contributed by atoms with E-state index in [0.717, 1.165) is 11.3 Å².